The summed E-state index contributed by atoms with van der Waals surface area (Å²) < 4.78 is 5.50. The van der Waals surface area contributed by atoms with E-state index in [4.69, 9.17) is 4.74 Å². The van der Waals surface area contributed by atoms with Gasteiger partial charge in [0.25, 0.3) is 5.91 Å². The zero-order valence-electron chi connectivity index (χ0n) is 16.4. The number of hydrogen-bond donors (Lipinski definition) is 1. The first-order chi connectivity index (χ1) is 13.6. The molecule has 0 spiro atoms. The van der Waals surface area contributed by atoms with Crippen LogP contribution in [0.4, 0.5) is 0 Å². The van der Waals surface area contributed by atoms with E-state index < -0.39 is 0 Å². The quantitative estimate of drug-likeness (QED) is 0.740. The molecule has 0 aliphatic carbocycles. The molecule has 1 aliphatic rings. The first kappa shape index (κ1) is 18.5. The Bertz CT molecular complexity index is 956. The highest BCUT2D eigenvalue weighted by Gasteiger charge is 2.25. The Labute approximate surface area is 165 Å². The lowest BCUT2D eigenvalue weighted by atomic mass is 10.1. The van der Waals surface area contributed by atoms with Gasteiger partial charge in [0.2, 0.25) is 0 Å². The minimum atomic E-state index is 0.0116. The molecule has 0 radical (unpaired) electrons. The van der Waals surface area contributed by atoms with Crippen molar-refractivity contribution >= 4 is 16.8 Å². The van der Waals surface area contributed by atoms with E-state index in [9.17, 15) is 4.79 Å². The van der Waals surface area contributed by atoms with Crippen LogP contribution in [-0.4, -0.2) is 58.7 Å². The number of nitrogens with one attached hydrogen (secondary N) is 1. The van der Waals surface area contributed by atoms with Crippen LogP contribution in [-0.2, 0) is 6.54 Å². The molecule has 1 N–H and O–H groups in total. The number of nitrogens with zero attached hydrogens (tertiary/aromatic N) is 3. The van der Waals surface area contributed by atoms with Crippen LogP contribution in [0.15, 0.2) is 42.5 Å². The second-order valence-electron chi connectivity index (χ2n) is 7.27. The molecule has 0 saturated carbocycles. The topological polar surface area (TPSA) is 61.5 Å². The molecule has 1 fully saturated rings. The lowest BCUT2D eigenvalue weighted by molar-refractivity contribution is 0.0624. The van der Waals surface area contributed by atoms with Gasteiger partial charge in [0.1, 0.15) is 5.75 Å². The van der Waals surface area contributed by atoms with E-state index in [0.717, 1.165) is 54.9 Å². The fraction of sp³-hybridized carbons (Fsp3) is 0.364. The summed E-state index contributed by atoms with van der Waals surface area (Å²) >= 11 is 0. The third kappa shape index (κ3) is 3.87. The lowest BCUT2D eigenvalue weighted by Crippen LogP contribution is -2.48. The molecule has 0 unspecified atom stereocenters. The minimum Gasteiger partial charge on any atom is -0.494 e. The molecule has 28 heavy (non-hydrogen) atoms. The number of H-pyrrole nitrogens is 1. The first-order valence-corrected chi connectivity index (χ1v) is 9.82. The predicted molar refractivity (Wildman–Crippen MR) is 110 cm³/mol. The second kappa shape index (κ2) is 8.02. The molecule has 4 rings (SSSR count). The summed E-state index contributed by atoms with van der Waals surface area (Å²) in [5.74, 6) is 0.917. The number of piperazine rings is 1. The number of carbonyl (C=O) groups excluding carboxylic acids is 1. The van der Waals surface area contributed by atoms with Gasteiger partial charge in [-0.2, -0.15) is 5.10 Å². The highest BCUT2D eigenvalue weighted by atomic mass is 16.5. The normalized spacial score (nSPS) is 15.1. The zero-order valence-corrected chi connectivity index (χ0v) is 16.4. The van der Waals surface area contributed by atoms with Gasteiger partial charge in [-0.25, -0.2) is 0 Å². The third-order valence-electron chi connectivity index (χ3n) is 5.22. The first-order valence-electron chi connectivity index (χ1n) is 9.82. The van der Waals surface area contributed by atoms with E-state index in [2.05, 4.69) is 27.2 Å². The molecule has 2 aromatic carbocycles. The van der Waals surface area contributed by atoms with Crippen LogP contribution in [0.2, 0.25) is 0 Å². The average molecular weight is 378 g/mol. The van der Waals surface area contributed by atoms with Crippen molar-refractivity contribution in [3.8, 4) is 5.75 Å². The number of aromatic amines is 1. The molecule has 1 aromatic heterocycles. The largest absolute Gasteiger partial charge is 0.494 e. The Kier molecular flexibility index (Phi) is 5.30. The fourth-order valence-corrected chi connectivity index (χ4v) is 3.67. The van der Waals surface area contributed by atoms with E-state index >= 15 is 0 Å². The standard InChI is InChI=1S/C22H26N4O2/c1-3-28-18-7-5-17(6-8-18)15-25-10-12-26(13-11-25)22(27)21-19-14-16(2)4-9-20(19)23-24-21/h4-9,14H,3,10-13,15H2,1-2H3,(H,23,24). The summed E-state index contributed by atoms with van der Waals surface area (Å²) in [6.45, 7) is 8.74. The van der Waals surface area contributed by atoms with Gasteiger partial charge in [-0.15, -0.1) is 0 Å². The molecule has 6 heteroatoms. The average Bonchev–Trinajstić information content (AvgIpc) is 3.13. The summed E-state index contributed by atoms with van der Waals surface area (Å²) in [5, 5.41) is 8.16. The number of amides is 1. The maximum absolute atomic E-state index is 13.0. The molecule has 146 valence electrons. The van der Waals surface area contributed by atoms with Crippen molar-refractivity contribution in [2.45, 2.75) is 20.4 Å². The van der Waals surface area contributed by atoms with Gasteiger partial charge in [-0.1, -0.05) is 23.8 Å². The molecule has 0 atom stereocenters. The summed E-state index contributed by atoms with van der Waals surface area (Å²) in [4.78, 5) is 17.3. The molecule has 0 bridgehead atoms. The minimum absolute atomic E-state index is 0.0116. The fourth-order valence-electron chi connectivity index (χ4n) is 3.67. The number of rotatable bonds is 5. The molecule has 6 nitrogen and oxygen atoms in total. The van der Waals surface area contributed by atoms with Crippen molar-refractivity contribution in [3.63, 3.8) is 0 Å². The molecule has 1 aliphatic heterocycles. The van der Waals surface area contributed by atoms with E-state index in [-0.39, 0.29) is 5.91 Å². The lowest BCUT2D eigenvalue weighted by Gasteiger charge is -2.34. The van der Waals surface area contributed by atoms with Crippen LogP contribution >= 0.6 is 0 Å². The van der Waals surface area contributed by atoms with Crippen LogP contribution in [0.3, 0.4) is 0 Å². The van der Waals surface area contributed by atoms with Crippen molar-refractivity contribution in [1.82, 2.24) is 20.0 Å². The molecule has 1 amide bonds. The summed E-state index contributed by atoms with van der Waals surface area (Å²) in [6.07, 6.45) is 0. The molecule has 3 aromatic rings. The Balaban J connectivity index is 1.36. The molecule has 1 saturated heterocycles. The number of ether oxygens (including phenoxy) is 1. The van der Waals surface area contributed by atoms with Gasteiger partial charge in [-0.3, -0.25) is 14.8 Å². The Morgan fingerprint density at radius 3 is 2.57 bits per heavy atom. The smallest absolute Gasteiger partial charge is 0.275 e. The summed E-state index contributed by atoms with van der Waals surface area (Å²) in [5.41, 5.74) is 3.82. The van der Waals surface area contributed by atoms with Crippen molar-refractivity contribution in [3.05, 3.63) is 59.3 Å². The highest BCUT2D eigenvalue weighted by molar-refractivity contribution is 6.04. The van der Waals surface area contributed by atoms with Gasteiger partial charge in [0.05, 0.1) is 12.1 Å². The summed E-state index contributed by atoms with van der Waals surface area (Å²) in [7, 11) is 0. The highest BCUT2D eigenvalue weighted by Crippen LogP contribution is 2.20. The summed E-state index contributed by atoms with van der Waals surface area (Å²) in [6, 6.07) is 14.3. The predicted octanol–water partition coefficient (Wildman–Crippen LogP) is 3.23. The third-order valence-corrected chi connectivity index (χ3v) is 5.22. The second-order valence-corrected chi connectivity index (χ2v) is 7.27. The van der Waals surface area contributed by atoms with Crippen LogP contribution in [0, 0.1) is 6.92 Å². The number of hydrogen-bond acceptors (Lipinski definition) is 4. The van der Waals surface area contributed by atoms with Crippen LogP contribution < -0.4 is 4.74 Å². The van der Waals surface area contributed by atoms with Gasteiger partial charge < -0.3 is 9.64 Å². The number of aromatic nitrogens is 2. The number of aryl methyl sites for hydroxylation is 1. The Morgan fingerprint density at radius 1 is 1.11 bits per heavy atom. The molecular weight excluding hydrogens is 352 g/mol. The van der Waals surface area contributed by atoms with Crippen LogP contribution in [0.5, 0.6) is 5.75 Å². The van der Waals surface area contributed by atoms with Crippen LogP contribution in [0.1, 0.15) is 28.5 Å². The Hall–Kier alpha value is -2.86. The Morgan fingerprint density at radius 2 is 1.86 bits per heavy atom. The van der Waals surface area contributed by atoms with E-state index in [1.54, 1.807) is 0 Å². The van der Waals surface area contributed by atoms with Gasteiger partial charge in [-0.05, 0) is 43.7 Å². The van der Waals surface area contributed by atoms with Gasteiger partial charge >= 0.3 is 0 Å². The maximum Gasteiger partial charge on any atom is 0.275 e. The monoisotopic (exact) mass is 378 g/mol. The van der Waals surface area contributed by atoms with Crippen molar-refractivity contribution in [2.75, 3.05) is 32.8 Å². The SMILES string of the molecule is CCOc1ccc(CN2CCN(C(=O)c3n[nH]c4ccc(C)cc34)CC2)cc1. The van der Waals surface area contributed by atoms with Crippen molar-refractivity contribution in [1.29, 1.82) is 0 Å². The zero-order chi connectivity index (χ0) is 19.5. The number of carbonyl (C=O) groups is 1. The van der Waals surface area contributed by atoms with Crippen molar-refractivity contribution < 1.29 is 9.53 Å². The van der Waals surface area contributed by atoms with Gasteiger partial charge in [0, 0.05) is 38.1 Å². The molecule has 2 heterocycles. The van der Waals surface area contributed by atoms with E-state index in [0.29, 0.717) is 12.3 Å². The van der Waals surface area contributed by atoms with Gasteiger partial charge in [0.15, 0.2) is 5.69 Å². The van der Waals surface area contributed by atoms with E-state index in [1.165, 1.54) is 5.56 Å². The van der Waals surface area contributed by atoms with Crippen molar-refractivity contribution in [2.24, 2.45) is 0 Å². The van der Waals surface area contributed by atoms with E-state index in [1.807, 2.05) is 49.1 Å². The number of benzene rings is 2. The number of fused-ring (bicyclic) bond motifs is 1. The maximum atomic E-state index is 13.0. The molecular formula is C22H26N4O2. The van der Waals surface area contributed by atoms with Crippen LogP contribution in [0.25, 0.3) is 10.9 Å².